The van der Waals surface area contributed by atoms with Crippen molar-refractivity contribution < 1.29 is 17.6 Å². The van der Waals surface area contributed by atoms with Gasteiger partial charge in [-0.15, -0.1) is 13.0 Å². The molecule has 0 radical (unpaired) electrons. The van der Waals surface area contributed by atoms with Gasteiger partial charge in [0, 0.05) is 18.5 Å². The molecule has 0 aliphatic carbocycles. The summed E-state index contributed by atoms with van der Waals surface area (Å²) in [4.78, 5) is 14.4. The molecule has 3 atom stereocenters. The number of piperidine rings is 1. The normalized spacial score (nSPS) is 26.8. The molecule has 3 rings (SSSR count). The third-order valence-electron chi connectivity index (χ3n) is 5.09. The molecule has 5 nitrogen and oxygen atoms in total. The van der Waals surface area contributed by atoms with E-state index in [1.165, 1.54) is 27.4 Å². The quantitative estimate of drug-likeness (QED) is 0.597. The second kappa shape index (κ2) is 7.22. The number of sulfonamides is 1. The molecule has 0 saturated carbocycles. The fraction of sp³-hybridized carbons (Fsp3) is 0.421. The van der Waals surface area contributed by atoms with Crippen molar-refractivity contribution in [2.75, 3.05) is 13.1 Å². The van der Waals surface area contributed by atoms with Gasteiger partial charge in [-0.05, 0) is 37.5 Å². The number of rotatable bonds is 4. The van der Waals surface area contributed by atoms with Gasteiger partial charge in [0.1, 0.15) is 11.9 Å². The van der Waals surface area contributed by atoms with Crippen molar-refractivity contribution in [3.63, 3.8) is 0 Å². The minimum absolute atomic E-state index is 0.125. The standard InChI is InChI=1S/C19H21FN2O3S/c1-3-11-21-13-14(4-2)17-9-6-10-18(19(21)23)22(17)26(24,25)16-8-5-7-15(20)12-16/h1,4-5,7-8,12,14,17-18H,2,6,9-11,13H2/t14-,17?,18?/m0/s1. The zero-order valence-electron chi connectivity index (χ0n) is 14.3. The molecule has 0 aromatic heterocycles. The molecule has 2 aliphatic heterocycles. The average Bonchev–Trinajstić information content (AvgIpc) is 2.69. The van der Waals surface area contributed by atoms with Crippen LogP contribution in [0, 0.1) is 24.1 Å². The summed E-state index contributed by atoms with van der Waals surface area (Å²) in [7, 11) is -4.03. The third-order valence-corrected chi connectivity index (χ3v) is 7.02. The molecule has 0 N–H and O–H groups in total. The van der Waals surface area contributed by atoms with Crippen molar-refractivity contribution in [2.45, 2.75) is 36.2 Å². The van der Waals surface area contributed by atoms with E-state index >= 15 is 0 Å². The number of halogens is 1. The average molecular weight is 376 g/mol. The smallest absolute Gasteiger partial charge is 0.244 e. The first-order chi connectivity index (χ1) is 12.4. The lowest BCUT2D eigenvalue weighted by Gasteiger charge is -2.40. The number of hydrogen-bond donors (Lipinski definition) is 0. The van der Waals surface area contributed by atoms with E-state index in [0.29, 0.717) is 19.4 Å². The van der Waals surface area contributed by atoms with Crippen molar-refractivity contribution in [1.82, 2.24) is 9.21 Å². The predicted octanol–water partition coefficient (Wildman–Crippen LogP) is 2.02. The van der Waals surface area contributed by atoms with Gasteiger partial charge in [0.15, 0.2) is 0 Å². The number of benzene rings is 1. The summed E-state index contributed by atoms with van der Waals surface area (Å²) in [6, 6.07) is 3.67. The fourth-order valence-corrected chi connectivity index (χ4v) is 5.80. The number of terminal acetylenes is 1. The van der Waals surface area contributed by atoms with Gasteiger partial charge >= 0.3 is 0 Å². The van der Waals surface area contributed by atoms with Crippen LogP contribution in [0.1, 0.15) is 19.3 Å². The van der Waals surface area contributed by atoms with Gasteiger partial charge in [0.05, 0.1) is 11.4 Å². The maximum atomic E-state index is 13.6. The van der Waals surface area contributed by atoms with Gasteiger partial charge < -0.3 is 4.90 Å². The summed E-state index contributed by atoms with van der Waals surface area (Å²) in [6.45, 7) is 4.29. The highest BCUT2D eigenvalue weighted by Crippen LogP contribution is 2.37. The molecule has 26 heavy (non-hydrogen) atoms. The van der Waals surface area contributed by atoms with E-state index in [1.807, 2.05) is 0 Å². The highest BCUT2D eigenvalue weighted by molar-refractivity contribution is 7.89. The van der Waals surface area contributed by atoms with E-state index in [0.717, 1.165) is 12.5 Å². The Morgan fingerprint density at radius 2 is 2.15 bits per heavy atom. The molecule has 2 fully saturated rings. The van der Waals surface area contributed by atoms with Crippen LogP contribution in [0.4, 0.5) is 4.39 Å². The van der Waals surface area contributed by atoms with Crippen LogP contribution in [0.5, 0.6) is 0 Å². The van der Waals surface area contributed by atoms with Crippen molar-refractivity contribution in [3.8, 4) is 12.3 Å². The molecule has 2 bridgehead atoms. The molecule has 138 valence electrons. The number of fused-ring (bicyclic) bond motifs is 2. The Morgan fingerprint density at radius 3 is 2.81 bits per heavy atom. The molecule has 1 amide bonds. The van der Waals surface area contributed by atoms with Crippen molar-refractivity contribution >= 4 is 15.9 Å². The van der Waals surface area contributed by atoms with Gasteiger partial charge in [-0.25, -0.2) is 12.8 Å². The molecule has 7 heteroatoms. The first kappa shape index (κ1) is 18.6. The summed E-state index contributed by atoms with van der Waals surface area (Å²) in [5, 5.41) is 0. The second-order valence-corrected chi connectivity index (χ2v) is 8.47. The number of nitrogens with zero attached hydrogens (tertiary/aromatic N) is 2. The molecule has 1 aromatic carbocycles. The van der Waals surface area contributed by atoms with Crippen LogP contribution in [0.15, 0.2) is 41.8 Å². The summed E-state index contributed by atoms with van der Waals surface area (Å²) in [6.07, 6.45) is 8.86. The highest BCUT2D eigenvalue weighted by atomic mass is 32.2. The Balaban J connectivity index is 2.11. The van der Waals surface area contributed by atoms with E-state index < -0.39 is 27.9 Å². The third kappa shape index (κ3) is 3.15. The molecule has 0 spiro atoms. The lowest BCUT2D eigenvalue weighted by atomic mass is 9.90. The Hall–Kier alpha value is -2.17. The van der Waals surface area contributed by atoms with Crippen LogP contribution in [0.2, 0.25) is 0 Å². The highest BCUT2D eigenvalue weighted by Gasteiger charge is 2.49. The monoisotopic (exact) mass is 376 g/mol. The Bertz CT molecular complexity index is 862. The SMILES string of the molecule is C#CCN1C[C@H](C=C)C2CCCC(C1=O)N2S(=O)(=O)c1cccc(F)c1. The van der Waals surface area contributed by atoms with Crippen molar-refractivity contribution in [3.05, 3.63) is 42.7 Å². The van der Waals surface area contributed by atoms with Crippen LogP contribution in [0.25, 0.3) is 0 Å². The lowest BCUT2D eigenvalue weighted by molar-refractivity contribution is -0.134. The van der Waals surface area contributed by atoms with Gasteiger partial charge in [-0.1, -0.05) is 18.1 Å². The van der Waals surface area contributed by atoms with Gasteiger partial charge in [-0.3, -0.25) is 4.79 Å². The Labute approximate surface area is 153 Å². The largest absolute Gasteiger partial charge is 0.330 e. The van der Waals surface area contributed by atoms with Crippen LogP contribution >= 0.6 is 0 Å². The summed E-state index contributed by atoms with van der Waals surface area (Å²) in [5.41, 5.74) is 0. The van der Waals surface area contributed by atoms with E-state index in [-0.39, 0.29) is 23.3 Å². The van der Waals surface area contributed by atoms with Crippen molar-refractivity contribution in [2.24, 2.45) is 5.92 Å². The topological polar surface area (TPSA) is 57.7 Å². The first-order valence-corrected chi connectivity index (χ1v) is 9.98. The fourth-order valence-electron chi connectivity index (χ4n) is 3.90. The minimum atomic E-state index is -4.03. The lowest BCUT2D eigenvalue weighted by Crippen LogP contribution is -2.54. The van der Waals surface area contributed by atoms with Gasteiger partial charge in [-0.2, -0.15) is 4.31 Å². The van der Waals surface area contributed by atoms with Crippen LogP contribution in [-0.2, 0) is 14.8 Å². The molecule has 2 heterocycles. The van der Waals surface area contributed by atoms with Crippen LogP contribution in [-0.4, -0.2) is 48.7 Å². The van der Waals surface area contributed by atoms with Crippen LogP contribution in [0.3, 0.4) is 0 Å². The van der Waals surface area contributed by atoms with Gasteiger partial charge in [0.2, 0.25) is 15.9 Å². The summed E-state index contributed by atoms with van der Waals surface area (Å²) in [5.74, 6) is 1.30. The number of carbonyl (C=O) groups is 1. The Kier molecular flexibility index (Phi) is 5.17. The van der Waals surface area contributed by atoms with Crippen LogP contribution < -0.4 is 0 Å². The van der Waals surface area contributed by atoms with E-state index in [2.05, 4.69) is 12.5 Å². The maximum absolute atomic E-state index is 13.6. The number of amides is 1. The molecule has 2 unspecified atom stereocenters. The molecule has 2 aliphatic rings. The first-order valence-electron chi connectivity index (χ1n) is 8.54. The van der Waals surface area contributed by atoms with E-state index in [9.17, 15) is 17.6 Å². The Morgan fingerprint density at radius 1 is 1.38 bits per heavy atom. The molecular weight excluding hydrogens is 355 g/mol. The van der Waals surface area contributed by atoms with E-state index in [4.69, 9.17) is 6.42 Å². The predicted molar refractivity (Wildman–Crippen MR) is 96.0 cm³/mol. The number of carbonyl (C=O) groups excluding carboxylic acids is 1. The zero-order valence-corrected chi connectivity index (χ0v) is 15.2. The second-order valence-electron chi connectivity index (χ2n) is 6.63. The van der Waals surface area contributed by atoms with E-state index in [1.54, 1.807) is 6.08 Å². The zero-order chi connectivity index (χ0) is 18.9. The summed E-state index contributed by atoms with van der Waals surface area (Å²) >= 11 is 0. The maximum Gasteiger partial charge on any atom is 0.244 e. The molecule has 2 saturated heterocycles. The van der Waals surface area contributed by atoms with Crippen molar-refractivity contribution in [1.29, 1.82) is 0 Å². The molecular formula is C19H21FN2O3S. The number of hydrogen-bond acceptors (Lipinski definition) is 3. The molecule has 1 aromatic rings. The minimum Gasteiger partial charge on any atom is -0.330 e. The van der Waals surface area contributed by atoms with Gasteiger partial charge in [0.25, 0.3) is 0 Å². The summed E-state index contributed by atoms with van der Waals surface area (Å²) < 4.78 is 41.5.